The second kappa shape index (κ2) is 8.63. The molecular formula is C14H22N2O3. The Morgan fingerprint density at radius 1 is 1.32 bits per heavy atom. The van der Waals surface area contributed by atoms with Crippen molar-refractivity contribution in [1.82, 2.24) is 5.32 Å². The molecule has 0 spiro atoms. The van der Waals surface area contributed by atoms with Gasteiger partial charge in [-0.1, -0.05) is 17.7 Å². The van der Waals surface area contributed by atoms with E-state index in [9.17, 15) is 4.79 Å². The van der Waals surface area contributed by atoms with E-state index in [0.717, 1.165) is 11.3 Å². The van der Waals surface area contributed by atoms with E-state index in [2.05, 4.69) is 10.6 Å². The first kappa shape index (κ1) is 15.6. The van der Waals surface area contributed by atoms with Crippen molar-refractivity contribution < 1.29 is 14.6 Å². The minimum atomic E-state index is -0.293. The Morgan fingerprint density at radius 2 is 2.00 bits per heavy atom. The lowest BCUT2D eigenvalue weighted by Gasteiger charge is -2.14. The first-order chi connectivity index (χ1) is 9.13. The molecule has 1 aromatic carbocycles. The van der Waals surface area contributed by atoms with Gasteiger partial charge in [-0.15, -0.1) is 0 Å². The number of carbonyl (C=O) groups is 1. The van der Waals surface area contributed by atoms with Gasteiger partial charge in [0.15, 0.2) is 0 Å². The van der Waals surface area contributed by atoms with Crippen LogP contribution in [0.5, 0.6) is 0 Å². The fourth-order valence-corrected chi connectivity index (χ4v) is 1.49. The largest absolute Gasteiger partial charge is 0.394 e. The summed E-state index contributed by atoms with van der Waals surface area (Å²) >= 11 is 0. The normalized spacial score (nSPS) is 12.2. The Bertz CT molecular complexity index is 379. The second-order valence-electron chi connectivity index (χ2n) is 4.37. The topological polar surface area (TPSA) is 70.6 Å². The Morgan fingerprint density at radius 3 is 2.63 bits per heavy atom. The second-order valence-corrected chi connectivity index (χ2v) is 4.37. The molecule has 5 heteroatoms. The first-order valence-corrected chi connectivity index (χ1v) is 6.43. The van der Waals surface area contributed by atoms with Crippen LogP contribution in [0.15, 0.2) is 24.3 Å². The van der Waals surface area contributed by atoms with E-state index >= 15 is 0 Å². The van der Waals surface area contributed by atoms with Crippen molar-refractivity contribution >= 4 is 11.6 Å². The van der Waals surface area contributed by atoms with Crippen LogP contribution < -0.4 is 10.6 Å². The summed E-state index contributed by atoms with van der Waals surface area (Å²) in [6, 6.07) is 7.38. The lowest BCUT2D eigenvalue weighted by Crippen LogP contribution is -2.39. The quantitative estimate of drug-likeness (QED) is 0.612. The van der Waals surface area contributed by atoms with Crippen molar-refractivity contribution in [1.29, 1.82) is 0 Å². The predicted molar refractivity (Wildman–Crippen MR) is 75.2 cm³/mol. The van der Waals surface area contributed by atoms with E-state index in [1.165, 1.54) is 0 Å². The van der Waals surface area contributed by atoms with E-state index in [0.29, 0.717) is 19.8 Å². The molecule has 5 nitrogen and oxygen atoms in total. The van der Waals surface area contributed by atoms with Crippen LogP contribution >= 0.6 is 0 Å². The summed E-state index contributed by atoms with van der Waals surface area (Å²) in [5.41, 5.74) is 1.95. The number of aliphatic hydroxyl groups excluding tert-OH is 1. The molecule has 0 fully saturated rings. The molecular weight excluding hydrogens is 244 g/mol. The Hall–Kier alpha value is -1.43. The maximum atomic E-state index is 11.9. The molecule has 0 aliphatic carbocycles. The van der Waals surface area contributed by atoms with Gasteiger partial charge < -0.3 is 20.5 Å². The van der Waals surface area contributed by atoms with E-state index in [4.69, 9.17) is 9.84 Å². The summed E-state index contributed by atoms with van der Waals surface area (Å²) in [7, 11) is 0. The average Bonchev–Trinajstić information content (AvgIpc) is 2.41. The van der Waals surface area contributed by atoms with Crippen molar-refractivity contribution in [2.75, 3.05) is 31.7 Å². The van der Waals surface area contributed by atoms with Crippen molar-refractivity contribution in [3.63, 3.8) is 0 Å². The van der Waals surface area contributed by atoms with Gasteiger partial charge in [-0.05, 0) is 26.0 Å². The number of rotatable bonds is 8. The van der Waals surface area contributed by atoms with Gasteiger partial charge in [-0.3, -0.25) is 4.79 Å². The average molecular weight is 266 g/mol. The third-order valence-electron chi connectivity index (χ3n) is 2.64. The molecule has 1 rings (SSSR count). The number of hydrogen-bond acceptors (Lipinski definition) is 4. The van der Waals surface area contributed by atoms with Gasteiger partial charge in [0.2, 0.25) is 5.91 Å². The van der Waals surface area contributed by atoms with Crippen LogP contribution in [0.3, 0.4) is 0 Å². The third-order valence-corrected chi connectivity index (χ3v) is 2.64. The molecule has 0 aliphatic heterocycles. The Balaban J connectivity index is 2.26. The molecule has 0 saturated heterocycles. The van der Waals surface area contributed by atoms with Gasteiger partial charge in [-0.25, -0.2) is 0 Å². The monoisotopic (exact) mass is 266 g/mol. The minimum absolute atomic E-state index is 0.0173. The third kappa shape index (κ3) is 6.33. The molecule has 0 bridgehead atoms. The zero-order valence-corrected chi connectivity index (χ0v) is 11.5. The summed E-state index contributed by atoms with van der Waals surface area (Å²) in [5.74, 6) is -0.0778. The summed E-state index contributed by atoms with van der Waals surface area (Å²) in [4.78, 5) is 11.9. The van der Waals surface area contributed by atoms with E-state index in [1.54, 1.807) is 6.92 Å². The zero-order valence-electron chi connectivity index (χ0n) is 11.5. The van der Waals surface area contributed by atoms with Gasteiger partial charge in [0.25, 0.3) is 0 Å². The molecule has 1 aromatic rings. The summed E-state index contributed by atoms with van der Waals surface area (Å²) in [6.45, 7) is 5.19. The maximum absolute atomic E-state index is 11.9. The molecule has 1 amide bonds. The molecule has 0 radical (unpaired) electrons. The molecule has 3 N–H and O–H groups in total. The number of hydrogen-bond donors (Lipinski definition) is 3. The van der Waals surface area contributed by atoms with Crippen LogP contribution in [-0.2, 0) is 9.53 Å². The van der Waals surface area contributed by atoms with Gasteiger partial charge in [0, 0.05) is 12.2 Å². The van der Waals surface area contributed by atoms with Crippen LogP contribution in [0.25, 0.3) is 0 Å². The van der Waals surface area contributed by atoms with Crippen LogP contribution in [-0.4, -0.2) is 43.4 Å². The van der Waals surface area contributed by atoms with E-state index < -0.39 is 0 Å². The fraction of sp³-hybridized carbons (Fsp3) is 0.500. The van der Waals surface area contributed by atoms with Crippen molar-refractivity contribution in [3.05, 3.63) is 29.8 Å². The van der Waals surface area contributed by atoms with Gasteiger partial charge in [0.1, 0.15) is 0 Å². The molecule has 106 valence electrons. The van der Waals surface area contributed by atoms with Crippen molar-refractivity contribution in [3.8, 4) is 0 Å². The molecule has 1 unspecified atom stereocenters. The van der Waals surface area contributed by atoms with Crippen molar-refractivity contribution in [2.24, 2.45) is 0 Å². The predicted octanol–water partition coefficient (Wildman–Crippen LogP) is 0.921. The highest BCUT2D eigenvalue weighted by atomic mass is 16.5. The number of carbonyl (C=O) groups excluding carboxylic acids is 1. The van der Waals surface area contributed by atoms with Crippen molar-refractivity contribution in [2.45, 2.75) is 19.9 Å². The van der Waals surface area contributed by atoms with Crippen LogP contribution in [0.2, 0.25) is 0 Å². The minimum Gasteiger partial charge on any atom is -0.394 e. The first-order valence-electron chi connectivity index (χ1n) is 6.43. The highest BCUT2D eigenvalue weighted by Gasteiger charge is 2.11. The standard InChI is InChI=1S/C14H22N2O3/c1-11-3-5-13(6-4-11)16-14(18)12(2)15-7-9-19-10-8-17/h3-6,12,15,17H,7-10H2,1-2H3,(H,16,18). The highest BCUT2D eigenvalue weighted by molar-refractivity contribution is 5.94. The Kier molecular flexibility index (Phi) is 7.10. The molecule has 0 aliphatic rings. The van der Waals surface area contributed by atoms with Gasteiger partial charge in [-0.2, -0.15) is 0 Å². The van der Waals surface area contributed by atoms with E-state index in [1.807, 2.05) is 31.2 Å². The summed E-state index contributed by atoms with van der Waals surface area (Å²) < 4.78 is 5.10. The van der Waals surface area contributed by atoms with E-state index in [-0.39, 0.29) is 18.6 Å². The SMILES string of the molecule is Cc1ccc(NC(=O)C(C)NCCOCCO)cc1. The number of aliphatic hydroxyl groups is 1. The number of aryl methyl sites for hydroxylation is 1. The molecule has 19 heavy (non-hydrogen) atoms. The highest BCUT2D eigenvalue weighted by Crippen LogP contribution is 2.08. The lowest BCUT2D eigenvalue weighted by atomic mass is 10.2. The van der Waals surface area contributed by atoms with Gasteiger partial charge in [0.05, 0.1) is 25.9 Å². The number of ether oxygens (including phenoxy) is 1. The number of benzene rings is 1. The lowest BCUT2D eigenvalue weighted by molar-refractivity contribution is -0.117. The molecule has 0 heterocycles. The Labute approximate surface area is 114 Å². The van der Waals surface area contributed by atoms with Crippen LogP contribution in [0.1, 0.15) is 12.5 Å². The van der Waals surface area contributed by atoms with Crippen LogP contribution in [0.4, 0.5) is 5.69 Å². The summed E-state index contributed by atoms with van der Waals surface area (Å²) in [6.07, 6.45) is 0. The number of anilines is 1. The molecule has 0 aromatic heterocycles. The zero-order chi connectivity index (χ0) is 14.1. The summed E-state index contributed by atoms with van der Waals surface area (Å²) in [5, 5.41) is 14.4. The van der Waals surface area contributed by atoms with Crippen LogP contribution in [0, 0.1) is 6.92 Å². The van der Waals surface area contributed by atoms with Gasteiger partial charge >= 0.3 is 0 Å². The molecule has 1 atom stereocenters. The smallest absolute Gasteiger partial charge is 0.241 e. The maximum Gasteiger partial charge on any atom is 0.241 e. The number of amides is 1. The fourth-order valence-electron chi connectivity index (χ4n) is 1.49. The molecule has 0 saturated carbocycles. The number of nitrogens with one attached hydrogen (secondary N) is 2.